The van der Waals surface area contributed by atoms with Gasteiger partial charge < -0.3 is 5.73 Å². The highest BCUT2D eigenvalue weighted by molar-refractivity contribution is 9.11. The Labute approximate surface area is 139 Å². The molecule has 21 heavy (non-hydrogen) atoms. The highest BCUT2D eigenvalue weighted by atomic mass is 79.9. The molecule has 1 aliphatic rings. The van der Waals surface area contributed by atoms with E-state index in [0.717, 1.165) is 34.3 Å². The number of rotatable bonds is 5. The quantitative estimate of drug-likeness (QED) is 0.832. The molecular formula is C14H23BrN2O2S2. The first-order valence-electron chi connectivity index (χ1n) is 7.39. The molecule has 7 heteroatoms. The lowest BCUT2D eigenvalue weighted by molar-refractivity contribution is 0.187. The molecular weight excluding hydrogens is 372 g/mol. The molecule has 1 saturated carbocycles. The zero-order chi connectivity index (χ0) is 15.6. The van der Waals surface area contributed by atoms with Gasteiger partial charge >= 0.3 is 0 Å². The number of hydrogen-bond donors (Lipinski definition) is 1. The van der Waals surface area contributed by atoms with E-state index in [2.05, 4.69) is 15.9 Å². The van der Waals surface area contributed by atoms with Crippen molar-refractivity contribution in [2.75, 3.05) is 13.1 Å². The minimum atomic E-state index is -3.45. The third-order valence-electron chi connectivity index (χ3n) is 4.28. The maximum Gasteiger partial charge on any atom is 0.244 e. The molecule has 2 atom stereocenters. The molecule has 2 N–H and O–H groups in total. The van der Waals surface area contributed by atoms with Gasteiger partial charge in [-0.1, -0.05) is 19.8 Å². The standard InChI is InChI=1S/C14H23BrN2O2S2/c1-3-17(12-7-5-4-6-11(12)9-16)21(18,19)13-8-14(15)20-10(13)2/h8,11-12H,3-7,9,16H2,1-2H3. The van der Waals surface area contributed by atoms with Crippen LogP contribution in [0.4, 0.5) is 0 Å². The van der Waals surface area contributed by atoms with Gasteiger partial charge in [-0.3, -0.25) is 0 Å². The molecule has 0 amide bonds. The van der Waals surface area contributed by atoms with Gasteiger partial charge in [0.2, 0.25) is 10.0 Å². The van der Waals surface area contributed by atoms with Gasteiger partial charge in [0, 0.05) is 17.5 Å². The number of hydrogen-bond acceptors (Lipinski definition) is 4. The predicted molar refractivity (Wildman–Crippen MR) is 91.1 cm³/mol. The predicted octanol–water partition coefficient (Wildman–Crippen LogP) is 3.35. The van der Waals surface area contributed by atoms with E-state index in [1.807, 2.05) is 13.8 Å². The van der Waals surface area contributed by atoms with E-state index in [-0.39, 0.29) is 12.0 Å². The Morgan fingerprint density at radius 1 is 1.43 bits per heavy atom. The van der Waals surface area contributed by atoms with Crippen LogP contribution in [-0.4, -0.2) is 31.9 Å². The van der Waals surface area contributed by atoms with E-state index in [1.54, 1.807) is 10.4 Å². The van der Waals surface area contributed by atoms with E-state index >= 15 is 0 Å². The van der Waals surface area contributed by atoms with Crippen LogP contribution in [0.3, 0.4) is 0 Å². The fourth-order valence-corrected chi connectivity index (χ4v) is 7.35. The zero-order valence-corrected chi connectivity index (χ0v) is 15.7. The fraction of sp³-hybridized carbons (Fsp3) is 0.714. The maximum absolute atomic E-state index is 13.0. The number of sulfonamides is 1. The number of nitrogens with two attached hydrogens (primary N) is 1. The van der Waals surface area contributed by atoms with Crippen LogP contribution < -0.4 is 5.73 Å². The molecule has 1 aliphatic carbocycles. The third-order valence-corrected chi connectivity index (χ3v) is 8.09. The highest BCUT2D eigenvalue weighted by Crippen LogP contribution is 2.35. The first kappa shape index (κ1) is 17.4. The monoisotopic (exact) mass is 394 g/mol. The molecule has 0 saturated heterocycles. The summed E-state index contributed by atoms with van der Waals surface area (Å²) in [6, 6.07) is 1.76. The zero-order valence-electron chi connectivity index (χ0n) is 12.5. The lowest BCUT2D eigenvalue weighted by Crippen LogP contribution is -2.47. The molecule has 0 spiro atoms. The normalized spacial score (nSPS) is 23.7. The van der Waals surface area contributed by atoms with Crippen molar-refractivity contribution in [1.29, 1.82) is 0 Å². The lowest BCUT2D eigenvalue weighted by Gasteiger charge is -2.38. The van der Waals surface area contributed by atoms with Crippen LogP contribution in [0.5, 0.6) is 0 Å². The van der Waals surface area contributed by atoms with E-state index in [9.17, 15) is 8.42 Å². The Bertz CT molecular complexity index is 586. The van der Waals surface area contributed by atoms with Crippen LogP contribution in [0.15, 0.2) is 14.7 Å². The molecule has 1 aromatic rings. The van der Waals surface area contributed by atoms with Gasteiger partial charge in [-0.2, -0.15) is 4.31 Å². The summed E-state index contributed by atoms with van der Waals surface area (Å²) in [5.41, 5.74) is 5.88. The van der Waals surface area contributed by atoms with Crippen molar-refractivity contribution >= 4 is 37.3 Å². The molecule has 0 radical (unpaired) electrons. The molecule has 1 fully saturated rings. The molecule has 0 aliphatic heterocycles. The van der Waals surface area contributed by atoms with Gasteiger partial charge in [0.15, 0.2) is 0 Å². The molecule has 2 rings (SSSR count). The van der Waals surface area contributed by atoms with Crippen LogP contribution in [-0.2, 0) is 10.0 Å². The second kappa shape index (κ2) is 7.08. The summed E-state index contributed by atoms with van der Waals surface area (Å²) in [7, 11) is -3.45. The summed E-state index contributed by atoms with van der Waals surface area (Å²) < 4.78 is 28.6. The van der Waals surface area contributed by atoms with Gasteiger partial charge in [-0.15, -0.1) is 11.3 Å². The van der Waals surface area contributed by atoms with Gasteiger partial charge in [0.1, 0.15) is 0 Å². The highest BCUT2D eigenvalue weighted by Gasteiger charge is 2.37. The van der Waals surface area contributed by atoms with E-state index in [4.69, 9.17) is 5.73 Å². The Morgan fingerprint density at radius 3 is 2.62 bits per heavy atom. The minimum Gasteiger partial charge on any atom is -0.330 e. The molecule has 0 aromatic carbocycles. The Hall–Kier alpha value is 0.0500. The van der Waals surface area contributed by atoms with Crippen LogP contribution in [0.1, 0.15) is 37.5 Å². The Balaban J connectivity index is 2.37. The number of thiophene rings is 1. The fourth-order valence-electron chi connectivity index (χ4n) is 3.24. The largest absolute Gasteiger partial charge is 0.330 e. The number of nitrogens with zero attached hydrogens (tertiary/aromatic N) is 1. The molecule has 1 aromatic heterocycles. The summed E-state index contributed by atoms with van der Waals surface area (Å²) in [5, 5.41) is 0. The van der Waals surface area contributed by atoms with E-state index < -0.39 is 10.0 Å². The van der Waals surface area contributed by atoms with Gasteiger partial charge in [-0.25, -0.2) is 8.42 Å². The van der Waals surface area contributed by atoms with Crippen molar-refractivity contribution in [2.24, 2.45) is 11.7 Å². The SMILES string of the molecule is CCN(C1CCCCC1CN)S(=O)(=O)c1cc(Br)sc1C. The average Bonchev–Trinajstić information content (AvgIpc) is 2.79. The van der Waals surface area contributed by atoms with E-state index in [0.29, 0.717) is 18.0 Å². The van der Waals surface area contributed by atoms with Crippen molar-refractivity contribution in [3.63, 3.8) is 0 Å². The summed E-state index contributed by atoms with van der Waals surface area (Å²) >= 11 is 4.85. The van der Waals surface area contributed by atoms with Crippen LogP contribution in [0.2, 0.25) is 0 Å². The third kappa shape index (κ3) is 3.52. The van der Waals surface area contributed by atoms with Crippen molar-refractivity contribution in [2.45, 2.75) is 50.5 Å². The lowest BCUT2D eigenvalue weighted by atomic mass is 9.84. The minimum absolute atomic E-state index is 0.0387. The summed E-state index contributed by atoms with van der Waals surface area (Å²) in [4.78, 5) is 1.27. The van der Waals surface area contributed by atoms with E-state index in [1.165, 1.54) is 11.3 Å². The smallest absolute Gasteiger partial charge is 0.244 e. The summed E-state index contributed by atoms with van der Waals surface area (Å²) in [6.07, 6.45) is 4.18. The van der Waals surface area contributed by atoms with Crippen molar-refractivity contribution in [3.05, 3.63) is 14.7 Å². The van der Waals surface area contributed by atoms with Crippen molar-refractivity contribution < 1.29 is 8.42 Å². The van der Waals surface area contributed by atoms with Gasteiger partial charge in [0.25, 0.3) is 0 Å². The summed E-state index contributed by atoms with van der Waals surface area (Å²) in [5.74, 6) is 0.274. The van der Waals surface area contributed by atoms with Gasteiger partial charge in [-0.05, 0) is 54.2 Å². The summed E-state index contributed by atoms with van der Waals surface area (Å²) in [6.45, 7) is 4.83. The van der Waals surface area contributed by atoms with Crippen molar-refractivity contribution in [1.82, 2.24) is 4.31 Å². The van der Waals surface area contributed by atoms with Crippen LogP contribution in [0.25, 0.3) is 0 Å². The maximum atomic E-state index is 13.0. The first-order chi connectivity index (χ1) is 9.91. The van der Waals surface area contributed by atoms with Crippen molar-refractivity contribution in [3.8, 4) is 0 Å². The molecule has 4 nitrogen and oxygen atoms in total. The number of halogens is 1. The Morgan fingerprint density at radius 2 is 2.10 bits per heavy atom. The molecule has 0 bridgehead atoms. The average molecular weight is 395 g/mol. The Kier molecular flexibility index (Phi) is 5.87. The second-order valence-electron chi connectivity index (χ2n) is 5.53. The molecule has 120 valence electrons. The first-order valence-corrected chi connectivity index (χ1v) is 10.4. The second-order valence-corrected chi connectivity index (χ2v) is 10.0. The topological polar surface area (TPSA) is 63.4 Å². The molecule has 1 heterocycles. The van der Waals surface area contributed by atoms with Crippen LogP contribution >= 0.6 is 27.3 Å². The van der Waals surface area contributed by atoms with Crippen LogP contribution in [0, 0.1) is 12.8 Å². The number of aryl methyl sites for hydroxylation is 1. The molecule has 2 unspecified atom stereocenters. The van der Waals surface area contributed by atoms with Gasteiger partial charge in [0.05, 0.1) is 8.68 Å².